The van der Waals surface area contributed by atoms with Crippen molar-refractivity contribution < 1.29 is 0 Å². The average molecular weight is 299 g/mol. The van der Waals surface area contributed by atoms with Crippen LogP contribution in [0.25, 0.3) is 0 Å². The molecule has 0 radical (unpaired) electrons. The highest BCUT2D eigenvalue weighted by Crippen LogP contribution is 2.12. The van der Waals surface area contributed by atoms with Gasteiger partial charge in [0, 0.05) is 25.0 Å². The van der Waals surface area contributed by atoms with Crippen molar-refractivity contribution in [1.82, 2.24) is 4.98 Å². The quantitative estimate of drug-likeness (QED) is 0.484. The Morgan fingerprint density at radius 2 is 1.90 bits per heavy atom. The summed E-state index contributed by atoms with van der Waals surface area (Å²) in [5.41, 5.74) is 3.02. The highest BCUT2D eigenvalue weighted by atomic mass is 35.5. The third-order valence-corrected chi connectivity index (χ3v) is 3.29. The molecule has 0 fully saturated rings. The molecular weight excluding hydrogens is 280 g/mol. The predicted octanol–water partition coefficient (Wildman–Crippen LogP) is 4.45. The first kappa shape index (κ1) is 15.4. The molecule has 0 spiro atoms. The summed E-state index contributed by atoms with van der Waals surface area (Å²) in [7, 11) is 0. The molecule has 0 saturated carbocycles. The van der Waals surface area contributed by atoms with Gasteiger partial charge in [-0.15, -0.1) is 11.6 Å². The van der Waals surface area contributed by atoms with E-state index >= 15 is 0 Å². The third kappa shape index (κ3) is 5.49. The summed E-state index contributed by atoms with van der Waals surface area (Å²) in [5.74, 6) is 7.01. The van der Waals surface area contributed by atoms with Crippen molar-refractivity contribution in [3.63, 3.8) is 0 Å². The van der Waals surface area contributed by atoms with Crippen LogP contribution in [0.3, 0.4) is 0 Å². The van der Waals surface area contributed by atoms with Gasteiger partial charge in [0.15, 0.2) is 0 Å². The molecule has 0 unspecified atom stereocenters. The Morgan fingerprint density at radius 1 is 1.05 bits per heavy atom. The Hall–Kier alpha value is -1.98. The van der Waals surface area contributed by atoms with E-state index in [1.807, 2.05) is 30.3 Å². The van der Waals surface area contributed by atoms with Gasteiger partial charge >= 0.3 is 0 Å². The van der Waals surface area contributed by atoms with Crippen molar-refractivity contribution in [2.75, 3.05) is 11.2 Å². The lowest BCUT2D eigenvalue weighted by atomic mass is 10.2. The van der Waals surface area contributed by atoms with Gasteiger partial charge in [-0.2, -0.15) is 0 Å². The van der Waals surface area contributed by atoms with Crippen LogP contribution in [0.15, 0.2) is 48.7 Å². The minimum absolute atomic E-state index is 0.704. The minimum atomic E-state index is 0.704. The van der Waals surface area contributed by atoms with Crippen molar-refractivity contribution >= 4 is 17.3 Å². The van der Waals surface area contributed by atoms with E-state index in [-0.39, 0.29) is 0 Å². The van der Waals surface area contributed by atoms with Gasteiger partial charge in [0.25, 0.3) is 0 Å². The monoisotopic (exact) mass is 298 g/mol. The number of anilines is 1. The summed E-state index contributed by atoms with van der Waals surface area (Å²) in [5, 5.41) is 3.40. The normalized spacial score (nSPS) is 9.76. The fourth-order valence-corrected chi connectivity index (χ4v) is 2.08. The summed E-state index contributed by atoms with van der Waals surface area (Å²) >= 11 is 5.65. The van der Waals surface area contributed by atoms with Crippen molar-refractivity contribution in [1.29, 1.82) is 0 Å². The summed E-state index contributed by atoms with van der Waals surface area (Å²) in [6.07, 6.45) is 4.69. The molecule has 0 bridgehead atoms. The fourth-order valence-electron chi connectivity index (χ4n) is 1.89. The number of benzene rings is 1. The number of nitrogens with one attached hydrogen (secondary N) is 1. The molecule has 2 nitrogen and oxygen atoms in total. The van der Waals surface area contributed by atoms with Crippen LogP contribution in [0.5, 0.6) is 0 Å². The Morgan fingerprint density at radius 3 is 2.71 bits per heavy atom. The maximum Gasteiger partial charge on any atom is 0.136 e. The molecule has 1 aromatic heterocycles. The lowest BCUT2D eigenvalue weighted by Crippen LogP contribution is -2.02. The van der Waals surface area contributed by atoms with Gasteiger partial charge < -0.3 is 5.32 Å². The molecule has 0 aliphatic rings. The zero-order chi connectivity index (χ0) is 14.8. The summed E-state index contributed by atoms with van der Waals surface area (Å²) in [6, 6.07) is 14.2. The van der Waals surface area contributed by atoms with Crippen molar-refractivity contribution in [3.8, 4) is 11.8 Å². The highest BCUT2D eigenvalue weighted by Gasteiger charge is 1.99. The molecule has 3 heteroatoms. The first-order valence-electron chi connectivity index (χ1n) is 7.18. The van der Waals surface area contributed by atoms with E-state index < -0.39 is 0 Å². The van der Waals surface area contributed by atoms with Crippen LogP contribution in [0.1, 0.15) is 30.5 Å². The van der Waals surface area contributed by atoms with Gasteiger partial charge in [0.2, 0.25) is 0 Å². The number of hydrogen-bond donors (Lipinski definition) is 1. The fraction of sp³-hybridized carbons (Fsp3) is 0.278. The lowest BCUT2D eigenvalue weighted by molar-refractivity contribution is 0.833. The molecule has 2 rings (SSSR count). The number of hydrogen-bond acceptors (Lipinski definition) is 2. The van der Waals surface area contributed by atoms with E-state index in [4.69, 9.17) is 11.6 Å². The first-order chi connectivity index (χ1) is 10.4. The maximum absolute atomic E-state index is 5.65. The molecule has 0 aliphatic carbocycles. The number of halogens is 1. The largest absolute Gasteiger partial charge is 0.379 e. The molecule has 2 aromatic rings. The second-order valence-electron chi connectivity index (χ2n) is 4.69. The summed E-state index contributed by atoms with van der Waals surface area (Å²) in [6.45, 7) is 0.771. The molecule has 0 atom stereocenters. The summed E-state index contributed by atoms with van der Waals surface area (Å²) in [4.78, 5) is 4.35. The van der Waals surface area contributed by atoms with E-state index in [9.17, 15) is 0 Å². The zero-order valence-corrected chi connectivity index (χ0v) is 12.7. The van der Waals surface area contributed by atoms with Crippen molar-refractivity contribution in [2.24, 2.45) is 0 Å². The number of rotatable bonds is 6. The standard InChI is InChI=1S/C18H19ClN2/c19-13-7-2-1-6-11-17-18(12-8-14-20-17)21-15-16-9-4-3-5-10-16/h3-5,8-10,12,14,21H,1-2,7,13,15H2. The van der Waals surface area contributed by atoms with Gasteiger partial charge in [0.1, 0.15) is 5.69 Å². The predicted molar refractivity (Wildman–Crippen MR) is 89.5 cm³/mol. The number of pyridine rings is 1. The molecule has 1 N–H and O–H groups in total. The second kappa shape index (κ2) is 9.05. The van der Waals surface area contributed by atoms with Gasteiger partial charge in [-0.3, -0.25) is 0 Å². The Labute approximate surface area is 131 Å². The van der Waals surface area contributed by atoms with E-state index in [1.165, 1.54) is 5.56 Å². The molecule has 1 heterocycles. The molecule has 0 amide bonds. The Balaban J connectivity index is 1.96. The van der Waals surface area contributed by atoms with Gasteiger partial charge in [-0.05, 0) is 36.5 Å². The van der Waals surface area contributed by atoms with E-state index in [1.54, 1.807) is 6.20 Å². The summed E-state index contributed by atoms with van der Waals surface area (Å²) < 4.78 is 0. The number of alkyl halides is 1. The van der Waals surface area contributed by atoms with E-state index in [2.05, 4.69) is 34.3 Å². The molecule has 0 aliphatic heterocycles. The minimum Gasteiger partial charge on any atom is -0.379 e. The van der Waals surface area contributed by atoms with Gasteiger partial charge in [-0.1, -0.05) is 36.3 Å². The van der Waals surface area contributed by atoms with Crippen LogP contribution in [0.4, 0.5) is 5.69 Å². The Bertz CT molecular complexity index is 599. The molecule has 21 heavy (non-hydrogen) atoms. The van der Waals surface area contributed by atoms with Crippen LogP contribution in [-0.4, -0.2) is 10.9 Å². The van der Waals surface area contributed by atoms with E-state index in [0.29, 0.717) is 5.88 Å². The SMILES string of the molecule is ClCCCCC#Cc1ncccc1NCc1ccccc1. The topological polar surface area (TPSA) is 24.9 Å². The van der Waals surface area contributed by atoms with Crippen LogP contribution in [0.2, 0.25) is 0 Å². The van der Waals surface area contributed by atoms with Crippen molar-refractivity contribution in [2.45, 2.75) is 25.8 Å². The molecule has 1 aromatic carbocycles. The number of aromatic nitrogens is 1. The van der Waals surface area contributed by atoms with E-state index in [0.717, 1.165) is 37.2 Å². The molecule has 108 valence electrons. The van der Waals surface area contributed by atoms with Crippen LogP contribution < -0.4 is 5.32 Å². The molecule has 0 saturated heterocycles. The average Bonchev–Trinajstić information content (AvgIpc) is 2.55. The Kier molecular flexibility index (Phi) is 6.64. The third-order valence-electron chi connectivity index (χ3n) is 3.03. The molecular formula is C18H19ClN2. The first-order valence-corrected chi connectivity index (χ1v) is 7.71. The number of nitrogens with zero attached hydrogens (tertiary/aromatic N) is 1. The van der Waals surface area contributed by atoms with Gasteiger partial charge in [-0.25, -0.2) is 4.98 Å². The maximum atomic E-state index is 5.65. The van der Waals surface area contributed by atoms with Crippen molar-refractivity contribution in [3.05, 3.63) is 59.9 Å². The smallest absolute Gasteiger partial charge is 0.136 e. The van der Waals surface area contributed by atoms with Gasteiger partial charge in [0.05, 0.1) is 5.69 Å². The zero-order valence-electron chi connectivity index (χ0n) is 12.0. The highest BCUT2D eigenvalue weighted by molar-refractivity contribution is 6.17. The second-order valence-corrected chi connectivity index (χ2v) is 5.06. The van der Waals surface area contributed by atoms with Crippen LogP contribution >= 0.6 is 11.6 Å². The lowest BCUT2D eigenvalue weighted by Gasteiger charge is -2.07. The van der Waals surface area contributed by atoms with Crippen LogP contribution in [-0.2, 0) is 6.54 Å². The van der Waals surface area contributed by atoms with Crippen LogP contribution in [0, 0.1) is 11.8 Å². The number of unbranched alkanes of at least 4 members (excludes halogenated alkanes) is 2.